The molecule has 1 atom stereocenters. The van der Waals surface area contributed by atoms with Gasteiger partial charge in [-0.15, -0.1) is 0 Å². The number of aromatic nitrogens is 3. The minimum absolute atomic E-state index is 0.134. The van der Waals surface area contributed by atoms with E-state index in [1.165, 1.54) is 6.33 Å². The maximum absolute atomic E-state index is 6.15. The molecule has 1 unspecified atom stereocenters. The maximum atomic E-state index is 6.15. The molecule has 0 saturated heterocycles. The SMILES string of the molecule is COC1=CCC(c2cc(COc3cc4ncnc(Nc5ccc(Cl)c(Cl)c5)c4cc3OC)on2)C=C1. The predicted molar refractivity (Wildman–Crippen MR) is 138 cm³/mol. The molecule has 184 valence electrons. The van der Waals surface area contributed by atoms with E-state index in [2.05, 4.69) is 26.5 Å². The number of rotatable bonds is 8. The molecular formula is C26H22Cl2N4O4. The topological polar surface area (TPSA) is 91.5 Å². The zero-order valence-corrected chi connectivity index (χ0v) is 21.0. The van der Waals surface area contributed by atoms with E-state index in [0.29, 0.717) is 38.6 Å². The summed E-state index contributed by atoms with van der Waals surface area (Å²) in [4.78, 5) is 8.77. The molecule has 10 heteroatoms. The Bertz CT molecular complexity index is 1470. The monoisotopic (exact) mass is 524 g/mol. The Morgan fingerprint density at radius 2 is 1.92 bits per heavy atom. The number of nitrogens with one attached hydrogen (secondary N) is 1. The molecule has 1 aliphatic carbocycles. The van der Waals surface area contributed by atoms with Crippen molar-refractivity contribution in [3.8, 4) is 11.5 Å². The van der Waals surface area contributed by atoms with Crippen LogP contribution in [-0.2, 0) is 11.3 Å². The first-order valence-electron chi connectivity index (χ1n) is 11.1. The van der Waals surface area contributed by atoms with Gasteiger partial charge in [0.1, 0.15) is 24.5 Å². The van der Waals surface area contributed by atoms with Gasteiger partial charge in [0, 0.05) is 29.1 Å². The van der Waals surface area contributed by atoms with Gasteiger partial charge in [0.05, 0.1) is 35.5 Å². The van der Waals surface area contributed by atoms with Gasteiger partial charge in [0.25, 0.3) is 0 Å². The lowest BCUT2D eigenvalue weighted by Gasteiger charge is -2.13. The standard InChI is InChI=1S/C26H22Cl2N4O4/c1-33-17-6-3-15(4-7-17)22-10-18(36-32-22)13-35-25-12-23-19(11-24(25)34-2)26(30-14-29-23)31-16-5-8-20(27)21(28)9-16/h3,5-12,14-15H,4,13H2,1-2H3,(H,29,30,31). The second-order valence-corrected chi connectivity index (χ2v) is 8.83. The number of allylic oxidation sites excluding steroid dienone is 3. The molecule has 2 aromatic carbocycles. The molecule has 0 spiro atoms. The van der Waals surface area contributed by atoms with Crippen molar-refractivity contribution < 1.29 is 18.7 Å². The highest BCUT2D eigenvalue weighted by atomic mass is 35.5. The van der Waals surface area contributed by atoms with Gasteiger partial charge in [-0.1, -0.05) is 34.4 Å². The van der Waals surface area contributed by atoms with Gasteiger partial charge in [-0.3, -0.25) is 0 Å². The molecule has 5 rings (SSSR count). The molecule has 8 nitrogen and oxygen atoms in total. The number of hydrogen-bond donors (Lipinski definition) is 1. The van der Waals surface area contributed by atoms with Gasteiger partial charge in [-0.2, -0.15) is 0 Å². The van der Waals surface area contributed by atoms with Crippen molar-refractivity contribution in [1.82, 2.24) is 15.1 Å². The van der Waals surface area contributed by atoms with Crippen LogP contribution in [0.4, 0.5) is 11.5 Å². The molecule has 1 N–H and O–H groups in total. The van der Waals surface area contributed by atoms with Crippen molar-refractivity contribution in [1.29, 1.82) is 0 Å². The molecule has 1 aliphatic rings. The van der Waals surface area contributed by atoms with Crippen molar-refractivity contribution in [2.45, 2.75) is 18.9 Å². The zero-order chi connectivity index (χ0) is 25.1. The van der Waals surface area contributed by atoms with Crippen LogP contribution < -0.4 is 14.8 Å². The minimum Gasteiger partial charge on any atom is -0.497 e. The Kier molecular flexibility index (Phi) is 6.97. The summed E-state index contributed by atoms with van der Waals surface area (Å²) >= 11 is 12.2. The van der Waals surface area contributed by atoms with Gasteiger partial charge in [0.2, 0.25) is 0 Å². The van der Waals surface area contributed by atoms with Crippen LogP contribution in [0, 0.1) is 0 Å². The largest absolute Gasteiger partial charge is 0.497 e. The van der Waals surface area contributed by atoms with Gasteiger partial charge < -0.3 is 24.1 Å². The van der Waals surface area contributed by atoms with Crippen LogP contribution in [0.15, 0.2) is 71.2 Å². The Labute approximate surface area is 217 Å². The highest BCUT2D eigenvalue weighted by molar-refractivity contribution is 6.42. The van der Waals surface area contributed by atoms with Crippen LogP contribution in [0.5, 0.6) is 11.5 Å². The number of nitrogens with zero attached hydrogens (tertiary/aromatic N) is 3. The third kappa shape index (κ3) is 5.10. The Hall–Kier alpha value is -3.75. The lowest BCUT2D eigenvalue weighted by atomic mass is 9.96. The molecular weight excluding hydrogens is 503 g/mol. The number of fused-ring (bicyclic) bond motifs is 1. The molecule has 0 fully saturated rings. The van der Waals surface area contributed by atoms with Crippen LogP contribution in [-0.4, -0.2) is 29.3 Å². The molecule has 0 aliphatic heterocycles. The number of ether oxygens (including phenoxy) is 3. The lowest BCUT2D eigenvalue weighted by Crippen LogP contribution is -2.00. The Morgan fingerprint density at radius 3 is 2.67 bits per heavy atom. The molecule has 0 saturated carbocycles. The lowest BCUT2D eigenvalue weighted by molar-refractivity contribution is 0.238. The number of halogens is 2. The quantitative estimate of drug-likeness (QED) is 0.268. The summed E-state index contributed by atoms with van der Waals surface area (Å²) < 4.78 is 22.3. The van der Waals surface area contributed by atoms with Gasteiger partial charge in [-0.05, 0) is 42.8 Å². The second-order valence-electron chi connectivity index (χ2n) is 8.02. The van der Waals surface area contributed by atoms with Crippen molar-refractivity contribution in [3.63, 3.8) is 0 Å². The molecule has 0 amide bonds. The summed E-state index contributed by atoms with van der Waals surface area (Å²) in [5.41, 5.74) is 2.26. The number of anilines is 2. The zero-order valence-electron chi connectivity index (χ0n) is 19.5. The molecule has 4 aromatic rings. The van der Waals surface area contributed by atoms with Gasteiger partial charge in [-0.25, -0.2) is 9.97 Å². The van der Waals surface area contributed by atoms with Gasteiger partial charge >= 0.3 is 0 Å². The predicted octanol–water partition coefficient (Wildman–Crippen LogP) is 6.83. The summed E-state index contributed by atoms with van der Waals surface area (Å²) in [6, 6.07) is 10.8. The van der Waals surface area contributed by atoms with E-state index in [-0.39, 0.29) is 12.5 Å². The third-order valence-corrected chi connectivity index (χ3v) is 6.47. The van der Waals surface area contributed by atoms with E-state index in [9.17, 15) is 0 Å². The first-order valence-corrected chi connectivity index (χ1v) is 11.8. The van der Waals surface area contributed by atoms with Crippen LogP contribution in [0.2, 0.25) is 10.0 Å². The molecule has 0 bridgehead atoms. The van der Waals surface area contributed by atoms with Crippen LogP contribution in [0.1, 0.15) is 23.8 Å². The van der Waals surface area contributed by atoms with Crippen molar-refractivity contribution >= 4 is 45.6 Å². The van der Waals surface area contributed by atoms with E-state index in [4.69, 9.17) is 41.9 Å². The average molecular weight is 525 g/mol. The Morgan fingerprint density at radius 1 is 1.03 bits per heavy atom. The van der Waals surface area contributed by atoms with Crippen LogP contribution in [0.25, 0.3) is 10.9 Å². The van der Waals surface area contributed by atoms with E-state index >= 15 is 0 Å². The summed E-state index contributed by atoms with van der Waals surface area (Å²) in [6.45, 7) is 0.184. The summed E-state index contributed by atoms with van der Waals surface area (Å²) in [7, 11) is 3.23. The van der Waals surface area contributed by atoms with Crippen molar-refractivity contribution in [2.75, 3.05) is 19.5 Å². The van der Waals surface area contributed by atoms with E-state index in [1.807, 2.05) is 30.4 Å². The third-order valence-electron chi connectivity index (χ3n) is 5.73. The van der Waals surface area contributed by atoms with Crippen molar-refractivity contribution in [2.24, 2.45) is 0 Å². The molecule has 36 heavy (non-hydrogen) atoms. The van der Waals surface area contributed by atoms with E-state index in [1.54, 1.807) is 32.4 Å². The van der Waals surface area contributed by atoms with E-state index < -0.39 is 0 Å². The molecule has 0 radical (unpaired) electrons. The maximum Gasteiger partial charge on any atom is 0.174 e. The summed E-state index contributed by atoms with van der Waals surface area (Å²) in [6.07, 6.45) is 8.29. The normalized spacial score (nSPS) is 15.0. The summed E-state index contributed by atoms with van der Waals surface area (Å²) in [5, 5.41) is 9.13. The fraction of sp³-hybridized carbons (Fsp3) is 0.192. The summed E-state index contributed by atoms with van der Waals surface area (Å²) in [5.74, 6) is 3.23. The molecule has 2 aromatic heterocycles. The number of benzene rings is 2. The van der Waals surface area contributed by atoms with Crippen LogP contribution in [0.3, 0.4) is 0 Å². The number of methoxy groups -OCH3 is 2. The highest BCUT2D eigenvalue weighted by Gasteiger charge is 2.18. The Balaban J connectivity index is 1.33. The molecule has 2 heterocycles. The van der Waals surface area contributed by atoms with Crippen LogP contribution >= 0.6 is 23.2 Å². The van der Waals surface area contributed by atoms with Gasteiger partial charge in [0.15, 0.2) is 17.3 Å². The number of hydrogen-bond acceptors (Lipinski definition) is 8. The smallest absolute Gasteiger partial charge is 0.174 e. The highest BCUT2D eigenvalue weighted by Crippen LogP contribution is 2.36. The first kappa shape index (κ1) is 24.0. The van der Waals surface area contributed by atoms with Crippen molar-refractivity contribution in [3.05, 3.63) is 88.2 Å². The van der Waals surface area contributed by atoms with E-state index in [0.717, 1.165) is 28.9 Å². The minimum atomic E-state index is 0.134. The average Bonchev–Trinajstić information content (AvgIpc) is 3.38. The first-order chi connectivity index (χ1) is 17.5. The second kappa shape index (κ2) is 10.5. The fourth-order valence-corrected chi connectivity index (χ4v) is 4.14. The fourth-order valence-electron chi connectivity index (χ4n) is 3.84.